The van der Waals surface area contributed by atoms with E-state index >= 15 is 0 Å². The first-order chi connectivity index (χ1) is 11.4. The van der Waals surface area contributed by atoms with E-state index in [-0.39, 0.29) is 24.4 Å². The van der Waals surface area contributed by atoms with Crippen LogP contribution in [0, 0.1) is 11.6 Å². The fourth-order valence-electron chi connectivity index (χ4n) is 2.91. The summed E-state index contributed by atoms with van der Waals surface area (Å²) in [4.78, 5) is 27.5. The number of amides is 2. The number of likely N-dealkylation sites (N-methyl/N-ethyl adjacent to an activating group) is 1. The number of likely N-dealkylation sites (tertiary alicyclic amines) is 1. The standard InChI is InChI=1S/C17H23F2N3O2/c1-21(2)16(15-12(18)6-5-7-13(15)19)17(24)20-9-8-14(23)22-10-3-4-11-22/h5-7,16H,3-4,8-11H2,1-2H3,(H,20,24)/t16-/m1/s1. The van der Waals surface area contributed by atoms with E-state index < -0.39 is 23.6 Å². The fourth-order valence-corrected chi connectivity index (χ4v) is 2.91. The van der Waals surface area contributed by atoms with Crippen molar-refractivity contribution in [2.75, 3.05) is 33.7 Å². The maximum Gasteiger partial charge on any atom is 0.242 e. The Bertz CT molecular complexity index is 581. The van der Waals surface area contributed by atoms with Crippen molar-refractivity contribution in [1.82, 2.24) is 15.1 Å². The summed E-state index contributed by atoms with van der Waals surface area (Å²) >= 11 is 0. The normalized spacial score (nSPS) is 15.6. The molecule has 0 aliphatic carbocycles. The minimum atomic E-state index is -1.09. The van der Waals surface area contributed by atoms with Crippen molar-refractivity contribution in [3.63, 3.8) is 0 Å². The molecule has 5 nitrogen and oxygen atoms in total. The summed E-state index contributed by atoms with van der Waals surface area (Å²) in [5.41, 5.74) is -0.286. The molecular formula is C17H23F2N3O2. The summed E-state index contributed by atoms with van der Waals surface area (Å²) in [6.07, 6.45) is 2.20. The molecule has 2 amide bonds. The molecule has 0 spiro atoms. The first-order valence-corrected chi connectivity index (χ1v) is 8.07. The van der Waals surface area contributed by atoms with E-state index in [1.165, 1.54) is 11.0 Å². The Hall–Kier alpha value is -2.02. The molecule has 2 rings (SSSR count). The van der Waals surface area contributed by atoms with Crippen LogP contribution in [0.4, 0.5) is 8.78 Å². The van der Waals surface area contributed by atoms with Crippen LogP contribution < -0.4 is 5.32 Å². The lowest BCUT2D eigenvalue weighted by molar-refractivity contribution is -0.130. The lowest BCUT2D eigenvalue weighted by Gasteiger charge is -2.24. The molecule has 1 aliphatic rings. The van der Waals surface area contributed by atoms with Gasteiger partial charge in [0, 0.05) is 26.1 Å². The molecule has 1 saturated heterocycles. The van der Waals surface area contributed by atoms with E-state index in [0.29, 0.717) is 0 Å². The average Bonchev–Trinajstić information content (AvgIpc) is 3.04. The van der Waals surface area contributed by atoms with Gasteiger partial charge in [-0.1, -0.05) is 6.07 Å². The van der Waals surface area contributed by atoms with E-state index in [4.69, 9.17) is 0 Å². The molecule has 1 aromatic rings. The van der Waals surface area contributed by atoms with Gasteiger partial charge in [0.05, 0.1) is 5.56 Å². The number of rotatable bonds is 6. The molecule has 0 unspecified atom stereocenters. The monoisotopic (exact) mass is 339 g/mol. The van der Waals surface area contributed by atoms with Crippen LogP contribution >= 0.6 is 0 Å². The second-order valence-corrected chi connectivity index (χ2v) is 6.13. The Morgan fingerprint density at radius 1 is 1.21 bits per heavy atom. The first-order valence-electron chi connectivity index (χ1n) is 8.07. The van der Waals surface area contributed by atoms with Crippen LogP contribution in [0.25, 0.3) is 0 Å². The predicted molar refractivity (Wildman–Crippen MR) is 86.2 cm³/mol. The number of carbonyl (C=O) groups excluding carboxylic acids is 2. The van der Waals surface area contributed by atoms with Gasteiger partial charge >= 0.3 is 0 Å². The maximum atomic E-state index is 14.0. The number of nitrogens with one attached hydrogen (secondary N) is 1. The molecule has 1 N–H and O–H groups in total. The van der Waals surface area contributed by atoms with Crippen LogP contribution in [0.1, 0.15) is 30.9 Å². The lowest BCUT2D eigenvalue weighted by Crippen LogP contribution is -2.40. The quantitative estimate of drug-likeness (QED) is 0.858. The molecule has 1 heterocycles. The van der Waals surface area contributed by atoms with Crippen LogP contribution in [0.2, 0.25) is 0 Å². The van der Waals surface area contributed by atoms with Gasteiger partial charge in [0.1, 0.15) is 17.7 Å². The Morgan fingerprint density at radius 3 is 2.33 bits per heavy atom. The molecule has 1 aromatic carbocycles. The van der Waals surface area contributed by atoms with Crippen LogP contribution in [-0.4, -0.2) is 55.3 Å². The lowest BCUT2D eigenvalue weighted by atomic mass is 10.0. The van der Waals surface area contributed by atoms with Gasteiger partial charge in [-0.2, -0.15) is 0 Å². The molecule has 1 fully saturated rings. The van der Waals surface area contributed by atoms with Crippen molar-refractivity contribution >= 4 is 11.8 Å². The highest BCUT2D eigenvalue weighted by molar-refractivity contribution is 5.84. The molecule has 132 valence electrons. The molecule has 0 aromatic heterocycles. The van der Waals surface area contributed by atoms with Crippen LogP contribution in [0.15, 0.2) is 18.2 Å². The Labute approximate surface area is 140 Å². The van der Waals surface area contributed by atoms with Gasteiger partial charge < -0.3 is 10.2 Å². The van der Waals surface area contributed by atoms with E-state index in [9.17, 15) is 18.4 Å². The van der Waals surface area contributed by atoms with Crippen LogP contribution in [0.5, 0.6) is 0 Å². The van der Waals surface area contributed by atoms with E-state index in [0.717, 1.165) is 38.1 Å². The number of carbonyl (C=O) groups is 2. The largest absolute Gasteiger partial charge is 0.354 e. The van der Waals surface area contributed by atoms with Crippen molar-refractivity contribution in [1.29, 1.82) is 0 Å². The molecular weight excluding hydrogens is 316 g/mol. The van der Waals surface area contributed by atoms with Gasteiger partial charge in [0.25, 0.3) is 0 Å². The highest BCUT2D eigenvalue weighted by Gasteiger charge is 2.29. The number of halogens is 2. The van der Waals surface area contributed by atoms with Gasteiger partial charge in [-0.05, 0) is 39.1 Å². The van der Waals surface area contributed by atoms with E-state index in [1.807, 2.05) is 0 Å². The summed E-state index contributed by atoms with van der Waals surface area (Å²) in [5, 5.41) is 2.61. The number of nitrogens with zero attached hydrogens (tertiary/aromatic N) is 2. The molecule has 0 bridgehead atoms. The first kappa shape index (κ1) is 18.3. The molecule has 0 radical (unpaired) electrons. The smallest absolute Gasteiger partial charge is 0.242 e. The highest BCUT2D eigenvalue weighted by Crippen LogP contribution is 2.24. The second-order valence-electron chi connectivity index (χ2n) is 6.13. The number of benzene rings is 1. The van der Waals surface area contributed by atoms with Crippen molar-refractivity contribution in [3.05, 3.63) is 35.4 Å². The second kappa shape index (κ2) is 8.19. The number of hydrogen-bond acceptors (Lipinski definition) is 3. The van der Waals surface area contributed by atoms with E-state index in [2.05, 4.69) is 5.32 Å². The van der Waals surface area contributed by atoms with E-state index in [1.54, 1.807) is 19.0 Å². The zero-order valence-corrected chi connectivity index (χ0v) is 14.0. The Morgan fingerprint density at radius 2 is 1.79 bits per heavy atom. The summed E-state index contributed by atoms with van der Waals surface area (Å²) in [6.45, 7) is 1.66. The number of hydrogen-bond donors (Lipinski definition) is 1. The van der Waals surface area contributed by atoms with Gasteiger partial charge in [0.2, 0.25) is 11.8 Å². The zero-order chi connectivity index (χ0) is 17.7. The van der Waals surface area contributed by atoms with Crippen LogP contribution in [-0.2, 0) is 9.59 Å². The highest BCUT2D eigenvalue weighted by atomic mass is 19.1. The van der Waals surface area contributed by atoms with Crippen molar-refractivity contribution < 1.29 is 18.4 Å². The third-order valence-electron chi connectivity index (χ3n) is 4.13. The van der Waals surface area contributed by atoms with Crippen molar-refractivity contribution in [2.24, 2.45) is 0 Å². The average molecular weight is 339 g/mol. The summed E-state index contributed by atoms with van der Waals surface area (Å²) in [6, 6.07) is 2.42. The minimum absolute atomic E-state index is 0.00808. The van der Waals surface area contributed by atoms with Gasteiger partial charge in [0.15, 0.2) is 0 Å². The molecule has 1 atom stereocenters. The maximum absolute atomic E-state index is 14.0. The van der Waals surface area contributed by atoms with Gasteiger partial charge in [-0.25, -0.2) is 8.78 Å². The van der Waals surface area contributed by atoms with Gasteiger partial charge in [-0.3, -0.25) is 14.5 Å². The van der Waals surface area contributed by atoms with Crippen LogP contribution in [0.3, 0.4) is 0 Å². The molecule has 24 heavy (non-hydrogen) atoms. The SMILES string of the molecule is CN(C)[C@@H](C(=O)NCCC(=O)N1CCCC1)c1c(F)cccc1F. The molecule has 0 saturated carbocycles. The molecule has 7 heteroatoms. The zero-order valence-electron chi connectivity index (χ0n) is 14.0. The summed E-state index contributed by atoms with van der Waals surface area (Å²) in [5.74, 6) is -2.07. The molecule has 1 aliphatic heterocycles. The fraction of sp³-hybridized carbons (Fsp3) is 0.529. The third kappa shape index (κ3) is 4.29. The predicted octanol–water partition coefficient (Wildman–Crippen LogP) is 1.70. The summed E-state index contributed by atoms with van der Waals surface area (Å²) < 4.78 is 27.9. The van der Waals surface area contributed by atoms with Gasteiger partial charge in [-0.15, -0.1) is 0 Å². The van der Waals surface area contributed by atoms with Crippen molar-refractivity contribution in [3.8, 4) is 0 Å². The topological polar surface area (TPSA) is 52.7 Å². The Balaban J connectivity index is 1.98. The third-order valence-corrected chi connectivity index (χ3v) is 4.13. The summed E-state index contributed by atoms with van der Waals surface area (Å²) in [7, 11) is 3.15. The minimum Gasteiger partial charge on any atom is -0.354 e. The van der Waals surface area contributed by atoms with Crippen molar-refractivity contribution in [2.45, 2.75) is 25.3 Å². The Kier molecular flexibility index (Phi) is 6.25.